The number of amides is 1. The first-order valence-corrected chi connectivity index (χ1v) is 8.98. The SMILES string of the molecule is Cc1ccc(C)c(C(=O)N(Cc2cncnc2)C2CCCNCC2)c1. The molecule has 1 aromatic carbocycles. The van der Waals surface area contributed by atoms with Crippen LogP contribution in [0, 0.1) is 13.8 Å². The maximum Gasteiger partial charge on any atom is 0.254 e. The van der Waals surface area contributed by atoms with Crippen molar-refractivity contribution in [2.24, 2.45) is 0 Å². The number of rotatable bonds is 4. The van der Waals surface area contributed by atoms with Crippen molar-refractivity contribution in [2.75, 3.05) is 13.1 Å². The first kappa shape index (κ1) is 17.5. The predicted octanol–water partition coefficient (Wildman–Crippen LogP) is 2.88. The molecule has 2 aromatic rings. The maximum atomic E-state index is 13.4. The lowest BCUT2D eigenvalue weighted by atomic mass is 10.0. The van der Waals surface area contributed by atoms with Crippen LogP contribution < -0.4 is 5.32 Å². The number of carbonyl (C=O) groups is 1. The molecule has 1 unspecified atom stereocenters. The Morgan fingerprint density at radius 1 is 1.20 bits per heavy atom. The smallest absolute Gasteiger partial charge is 0.254 e. The summed E-state index contributed by atoms with van der Waals surface area (Å²) in [5.74, 6) is 0.108. The summed E-state index contributed by atoms with van der Waals surface area (Å²) in [5.41, 5.74) is 3.91. The van der Waals surface area contributed by atoms with Gasteiger partial charge in [-0.25, -0.2) is 9.97 Å². The molecule has 3 rings (SSSR count). The fourth-order valence-electron chi connectivity index (χ4n) is 3.41. The van der Waals surface area contributed by atoms with E-state index >= 15 is 0 Å². The zero-order valence-corrected chi connectivity index (χ0v) is 15.0. The summed E-state index contributed by atoms with van der Waals surface area (Å²) in [6.45, 7) is 6.56. The van der Waals surface area contributed by atoms with Gasteiger partial charge in [0.1, 0.15) is 6.33 Å². The van der Waals surface area contributed by atoms with Gasteiger partial charge in [0.05, 0.1) is 0 Å². The Morgan fingerprint density at radius 2 is 2.00 bits per heavy atom. The third-order valence-electron chi connectivity index (χ3n) is 4.84. The molecular formula is C20H26N4O. The monoisotopic (exact) mass is 338 g/mol. The number of carbonyl (C=O) groups excluding carboxylic acids is 1. The number of hydrogen-bond acceptors (Lipinski definition) is 4. The fourth-order valence-corrected chi connectivity index (χ4v) is 3.41. The van der Waals surface area contributed by atoms with Gasteiger partial charge < -0.3 is 10.2 Å². The van der Waals surface area contributed by atoms with Gasteiger partial charge in [-0.1, -0.05) is 17.7 Å². The highest BCUT2D eigenvalue weighted by Gasteiger charge is 2.26. The average Bonchev–Trinajstić information content (AvgIpc) is 2.91. The molecule has 25 heavy (non-hydrogen) atoms. The van der Waals surface area contributed by atoms with Gasteiger partial charge in [-0.2, -0.15) is 0 Å². The first-order chi connectivity index (χ1) is 12.1. The third kappa shape index (κ3) is 4.42. The highest BCUT2D eigenvalue weighted by atomic mass is 16.2. The van der Waals surface area contributed by atoms with Crippen molar-refractivity contribution >= 4 is 5.91 Å². The molecule has 1 amide bonds. The van der Waals surface area contributed by atoms with E-state index in [2.05, 4.69) is 21.4 Å². The van der Waals surface area contributed by atoms with E-state index < -0.39 is 0 Å². The lowest BCUT2D eigenvalue weighted by Gasteiger charge is -2.32. The van der Waals surface area contributed by atoms with E-state index in [0.29, 0.717) is 6.54 Å². The maximum absolute atomic E-state index is 13.4. The van der Waals surface area contributed by atoms with E-state index in [1.54, 1.807) is 12.4 Å². The van der Waals surface area contributed by atoms with Crippen LogP contribution in [-0.4, -0.2) is 39.9 Å². The van der Waals surface area contributed by atoms with E-state index in [-0.39, 0.29) is 11.9 Å². The number of aromatic nitrogens is 2. The van der Waals surface area contributed by atoms with Gasteiger partial charge in [-0.15, -0.1) is 0 Å². The quantitative estimate of drug-likeness (QED) is 0.931. The molecule has 1 aliphatic heterocycles. The second-order valence-corrected chi connectivity index (χ2v) is 6.83. The minimum absolute atomic E-state index is 0.108. The van der Waals surface area contributed by atoms with Crippen LogP contribution in [0.5, 0.6) is 0 Å². The van der Waals surface area contributed by atoms with E-state index in [0.717, 1.165) is 54.6 Å². The van der Waals surface area contributed by atoms with Crippen molar-refractivity contribution in [2.45, 2.75) is 45.7 Å². The van der Waals surface area contributed by atoms with Crippen LogP contribution in [0.4, 0.5) is 0 Å². The molecule has 0 aliphatic carbocycles. The summed E-state index contributed by atoms with van der Waals surface area (Å²) >= 11 is 0. The van der Waals surface area contributed by atoms with Crippen molar-refractivity contribution in [1.82, 2.24) is 20.2 Å². The molecule has 1 saturated heterocycles. The molecule has 1 aromatic heterocycles. The molecular weight excluding hydrogens is 312 g/mol. The lowest BCUT2D eigenvalue weighted by molar-refractivity contribution is 0.0644. The van der Waals surface area contributed by atoms with Gasteiger partial charge in [0.25, 0.3) is 5.91 Å². The predicted molar refractivity (Wildman–Crippen MR) is 98.3 cm³/mol. The van der Waals surface area contributed by atoms with Crippen LogP contribution in [0.1, 0.15) is 46.3 Å². The second-order valence-electron chi connectivity index (χ2n) is 6.83. The molecule has 0 bridgehead atoms. The second kappa shape index (κ2) is 8.21. The zero-order chi connectivity index (χ0) is 17.6. The van der Waals surface area contributed by atoms with Crippen LogP contribution in [-0.2, 0) is 6.54 Å². The van der Waals surface area contributed by atoms with Gasteiger partial charge in [0.15, 0.2) is 0 Å². The van der Waals surface area contributed by atoms with Crippen LogP contribution in [0.3, 0.4) is 0 Å². The van der Waals surface area contributed by atoms with Crippen molar-refractivity contribution in [3.63, 3.8) is 0 Å². The minimum atomic E-state index is 0.108. The van der Waals surface area contributed by atoms with Gasteiger partial charge in [0, 0.05) is 36.1 Å². The standard InChI is InChI=1S/C20H26N4O/c1-15-5-6-16(2)19(10-15)20(25)24(13-17-11-22-14-23-12-17)18-4-3-8-21-9-7-18/h5-6,10-12,14,18,21H,3-4,7-9,13H2,1-2H3. The Kier molecular flexibility index (Phi) is 5.76. The largest absolute Gasteiger partial charge is 0.331 e. The molecule has 2 heterocycles. The van der Waals surface area contributed by atoms with Crippen molar-refractivity contribution in [3.8, 4) is 0 Å². The van der Waals surface area contributed by atoms with E-state index in [1.807, 2.05) is 30.9 Å². The molecule has 0 spiro atoms. The van der Waals surface area contributed by atoms with Crippen LogP contribution in [0.2, 0.25) is 0 Å². The Labute approximate surface area is 149 Å². The summed E-state index contributed by atoms with van der Waals surface area (Å²) < 4.78 is 0. The number of nitrogens with zero attached hydrogens (tertiary/aromatic N) is 3. The van der Waals surface area contributed by atoms with Crippen LogP contribution in [0.25, 0.3) is 0 Å². The molecule has 1 aliphatic rings. The number of hydrogen-bond donors (Lipinski definition) is 1. The van der Waals surface area contributed by atoms with Gasteiger partial charge in [-0.3, -0.25) is 4.79 Å². The van der Waals surface area contributed by atoms with E-state index in [9.17, 15) is 4.79 Å². The van der Waals surface area contributed by atoms with E-state index in [1.165, 1.54) is 6.33 Å². The van der Waals surface area contributed by atoms with Crippen molar-refractivity contribution < 1.29 is 4.79 Å². The van der Waals surface area contributed by atoms with E-state index in [4.69, 9.17) is 0 Å². The fraction of sp³-hybridized carbons (Fsp3) is 0.450. The molecule has 0 saturated carbocycles. The summed E-state index contributed by atoms with van der Waals surface area (Å²) in [6.07, 6.45) is 8.21. The van der Waals surface area contributed by atoms with Crippen LogP contribution in [0.15, 0.2) is 36.9 Å². The molecule has 1 N–H and O–H groups in total. The summed E-state index contributed by atoms with van der Waals surface area (Å²) in [4.78, 5) is 23.6. The zero-order valence-electron chi connectivity index (χ0n) is 15.0. The average molecular weight is 338 g/mol. The Morgan fingerprint density at radius 3 is 2.80 bits per heavy atom. The van der Waals surface area contributed by atoms with Crippen molar-refractivity contribution in [3.05, 3.63) is 59.2 Å². The van der Waals surface area contributed by atoms with Crippen LogP contribution >= 0.6 is 0 Å². The Bertz CT molecular complexity index is 709. The number of nitrogens with one attached hydrogen (secondary N) is 1. The Balaban J connectivity index is 1.91. The molecule has 1 atom stereocenters. The van der Waals surface area contributed by atoms with Crippen molar-refractivity contribution in [1.29, 1.82) is 0 Å². The Hall–Kier alpha value is -2.27. The normalized spacial score (nSPS) is 17.8. The van der Waals surface area contributed by atoms with Gasteiger partial charge in [0.2, 0.25) is 0 Å². The molecule has 1 fully saturated rings. The lowest BCUT2D eigenvalue weighted by Crippen LogP contribution is -2.40. The minimum Gasteiger partial charge on any atom is -0.331 e. The molecule has 5 heteroatoms. The topological polar surface area (TPSA) is 58.1 Å². The number of benzene rings is 1. The van der Waals surface area contributed by atoms with Gasteiger partial charge in [-0.05, 0) is 57.8 Å². The number of aryl methyl sites for hydroxylation is 2. The van der Waals surface area contributed by atoms with Gasteiger partial charge >= 0.3 is 0 Å². The third-order valence-corrected chi connectivity index (χ3v) is 4.84. The highest BCUT2D eigenvalue weighted by molar-refractivity contribution is 5.96. The molecule has 5 nitrogen and oxygen atoms in total. The summed E-state index contributed by atoms with van der Waals surface area (Å²) in [6, 6.07) is 6.32. The molecule has 0 radical (unpaired) electrons. The molecule has 132 valence electrons. The summed E-state index contributed by atoms with van der Waals surface area (Å²) in [5, 5.41) is 3.43. The highest BCUT2D eigenvalue weighted by Crippen LogP contribution is 2.21. The first-order valence-electron chi connectivity index (χ1n) is 8.98. The summed E-state index contributed by atoms with van der Waals surface area (Å²) in [7, 11) is 0.